The zero-order chi connectivity index (χ0) is 20.1. The summed E-state index contributed by atoms with van der Waals surface area (Å²) in [7, 11) is 1.68. The second kappa shape index (κ2) is 9.63. The molecule has 29 heavy (non-hydrogen) atoms. The van der Waals surface area contributed by atoms with E-state index in [1.54, 1.807) is 7.11 Å². The Morgan fingerprint density at radius 2 is 1.97 bits per heavy atom. The van der Waals surface area contributed by atoms with Crippen molar-refractivity contribution in [1.82, 2.24) is 9.80 Å². The minimum Gasteiger partial charge on any atom is -0.493 e. The van der Waals surface area contributed by atoms with E-state index in [1.165, 1.54) is 18.4 Å². The molecular formula is C23H32N2O4. The van der Waals surface area contributed by atoms with Gasteiger partial charge in [-0.2, -0.15) is 0 Å². The lowest BCUT2D eigenvalue weighted by atomic mass is 9.91. The summed E-state index contributed by atoms with van der Waals surface area (Å²) in [5, 5.41) is 0. The Labute approximate surface area is 173 Å². The van der Waals surface area contributed by atoms with E-state index in [4.69, 9.17) is 14.2 Å². The van der Waals surface area contributed by atoms with Crippen molar-refractivity contribution in [1.29, 1.82) is 0 Å². The molecule has 2 saturated heterocycles. The van der Waals surface area contributed by atoms with Gasteiger partial charge in [0.15, 0.2) is 11.5 Å². The van der Waals surface area contributed by atoms with Crippen LogP contribution in [0.15, 0.2) is 23.8 Å². The molecule has 3 heterocycles. The Bertz CT molecular complexity index is 734. The molecule has 3 aliphatic rings. The number of para-hydroxylation sites is 1. The second-order valence-corrected chi connectivity index (χ2v) is 8.22. The molecule has 0 N–H and O–H groups in total. The summed E-state index contributed by atoms with van der Waals surface area (Å²) in [5.74, 6) is 2.61. The van der Waals surface area contributed by atoms with Gasteiger partial charge in [-0.3, -0.25) is 9.69 Å². The lowest BCUT2D eigenvalue weighted by Gasteiger charge is -2.33. The van der Waals surface area contributed by atoms with Crippen LogP contribution in [-0.2, 0) is 9.53 Å². The molecule has 0 atom stereocenters. The molecule has 1 amide bonds. The molecule has 0 aliphatic carbocycles. The first-order valence-corrected chi connectivity index (χ1v) is 10.8. The van der Waals surface area contributed by atoms with Gasteiger partial charge in [0.05, 0.1) is 20.3 Å². The highest BCUT2D eigenvalue weighted by atomic mass is 16.5. The highest BCUT2D eigenvalue weighted by molar-refractivity contribution is 5.76. The van der Waals surface area contributed by atoms with Crippen LogP contribution in [0.2, 0.25) is 0 Å². The first kappa shape index (κ1) is 20.2. The molecule has 0 aromatic heterocycles. The van der Waals surface area contributed by atoms with Crippen LogP contribution in [0, 0.1) is 5.92 Å². The number of ether oxygens (including phenoxy) is 3. The van der Waals surface area contributed by atoms with E-state index in [1.807, 2.05) is 17.0 Å². The first-order valence-electron chi connectivity index (χ1n) is 10.8. The fourth-order valence-electron chi connectivity index (χ4n) is 4.50. The number of carbonyl (C=O) groups is 1. The van der Waals surface area contributed by atoms with E-state index in [0.29, 0.717) is 38.1 Å². The van der Waals surface area contributed by atoms with Crippen molar-refractivity contribution >= 4 is 12.0 Å². The van der Waals surface area contributed by atoms with E-state index in [9.17, 15) is 4.79 Å². The number of methoxy groups -OCH3 is 1. The molecular weight excluding hydrogens is 368 g/mol. The molecule has 6 heteroatoms. The Morgan fingerprint density at radius 1 is 1.17 bits per heavy atom. The van der Waals surface area contributed by atoms with E-state index in [-0.39, 0.29) is 0 Å². The maximum atomic E-state index is 12.3. The number of fused-ring (bicyclic) bond motifs is 1. The van der Waals surface area contributed by atoms with E-state index >= 15 is 0 Å². The summed E-state index contributed by atoms with van der Waals surface area (Å²) < 4.78 is 16.7. The number of morpholine rings is 1. The molecule has 6 nitrogen and oxygen atoms in total. The summed E-state index contributed by atoms with van der Waals surface area (Å²) in [5.41, 5.74) is 2.41. The summed E-state index contributed by atoms with van der Waals surface area (Å²) in [6.07, 6.45) is 6.30. The molecule has 2 fully saturated rings. The van der Waals surface area contributed by atoms with E-state index in [2.05, 4.69) is 17.0 Å². The first-order chi connectivity index (χ1) is 14.2. The van der Waals surface area contributed by atoms with Gasteiger partial charge in [-0.25, -0.2) is 0 Å². The van der Waals surface area contributed by atoms with Crippen molar-refractivity contribution < 1.29 is 19.0 Å². The minimum absolute atomic E-state index is 0.300. The monoisotopic (exact) mass is 400 g/mol. The molecule has 0 unspecified atom stereocenters. The average molecular weight is 401 g/mol. The number of rotatable bonds is 6. The predicted molar refractivity (Wildman–Crippen MR) is 112 cm³/mol. The second-order valence-electron chi connectivity index (χ2n) is 8.22. The topological polar surface area (TPSA) is 51.2 Å². The van der Waals surface area contributed by atoms with Gasteiger partial charge in [0.2, 0.25) is 5.91 Å². The number of amides is 1. The zero-order valence-corrected chi connectivity index (χ0v) is 17.4. The van der Waals surface area contributed by atoms with Crippen LogP contribution in [0.5, 0.6) is 11.5 Å². The van der Waals surface area contributed by atoms with Crippen LogP contribution in [0.1, 0.15) is 31.2 Å². The van der Waals surface area contributed by atoms with Crippen LogP contribution in [-0.4, -0.2) is 75.4 Å². The van der Waals surface area contributed by atoms with E-state index < -0.39 is 0 Å². The number of nitrogens with zero attached hydrogens (tertiary/aromatic N) is 2. The van der Waals surface area contributed by atoms with Crippen molar-refractivity contribution in [3.63, 3.8) is 0 Å². The standard InChI is InChI=1S/C23H32N2O4/c1-27-21-4-2-3-20-15-19(17-29-23(20)21)16-24-9-7-18(8-10-24)5-6-22(26)25-11-13-28-14-12-25/h2-4,15,18H,5-14,16-17H2,1H3. The molecule has 3 aliphatic heterocycles. The quantitative estimate of drug-likeness (QED) is 0.735. The van der Waals surface area contributed by atoms with Crippen LogP contribution >= 0.6 is 0 Å². The molecule has 0 spiro atoms. The van der Waals surface area contributed by atoms with Gasteiger partial charge < -0.3 is 19.1 Å². The summed E-state index contributed by atoms with van der Waals surface area (Å²) in [4.78, 5) is 16.8. The van der Waals surface area contributed by atoms with Gasteiger partial charge in [-0.05, 0) is 56.0 Å². The number of piperidine rings is 1. The zero-order valence-electron chi connectivity index (χ0n) is 17.4. The van der Waals surface area contributed by atoms with Gasteiger partial charge >= 0.3 is 0 Å². The van der Waals surface area contributed by atoms with Crippen molar-refractivity contribution in [3.05, 3.63) is 29.3 Å². The number of benzene rings is 1. The number of likely N-dealkylation sites (tertiary alicyclic amines) is 1. The number of hydrogen-bond donors (Lipinski definition) is 0. The van der Waals surface area contributed by atoms with Crippen LogP contribution < -0.4 is 9.47 Å². The van der Waals surface area contributed by atoms with Crippen LogP contribution in [0.25, 0.3) is 6.08 Å². The third-order valence-corrected chi connectivity index (χ3v) is 6.25. The molecule has 0 radical (unpaired) electrons. The molecule has 4 rings (SSSR count). The molecule has 0 saturated carbocycles. The number of carbonyl (C=O) groups excluding carboxylic acids is 1. The van der Waals surface area contributed by atoms with Gasteiger partial charge in [-0.1, -0.05) is 12.1 Å². The summed E-state index contributed by atoms with van der Waals surface area (Å²) in [6, 6.07) is 6.02. The third kappa shape index (κ3) is 5.11. The van der Waals surface area contributed by atoms with Crippen molar-refractivity contribution in [3.8, 4) is 11.5 Å². The Kier molecular flexibility index (Phi) is 6.72. The Balaban J connectivity index is 1.22. The van der Waals surface area contributed by atoms with E-state index in [0.717, 1.165) is 56.2 Å². The van der Waals surface area contributed by atoms with Crippen LogP contribution in [0.4, 0.5) is 0 Å². The predicted octanol–water partition coefficient (Wildman–Crippen LogP) is 2.82. The maximum absolute atomic E-state index is 12.3. The molecule has 0 bridgehead atoms. The largest absolute Gasteiger partial charge is 0.493 e. The smallest absolute Gasteiger partial charge is 0.222 e. The van der Waals surface area contributed by atoms with Crippen molar-refractivity contribution in [2.75, 3.05) is 59.7 Å². The average Bonchev–Trinajstić information content (AvgIpc) is 2.78. The van der Waals surface area contributed by atoms with Gasteiger partial charge in [0.1, 0.15) is 6.61 Å². The molecule has 158 valence electrons. The highest BCUT2D eigenvalue weighted by Crippen LogP contribution is 2.35. The fraction of sp³-hybridized carbons (Fsp3) is 0.609. The van der Waals surface area contributed by atoms with Crippen LogP contribution in [0.3, 0.4) is 0 Å². The lowest BCUT2D eigenvalue weighted by Crippen LogP contribution is -2.41. The minimum atomic E-state index is 0.300. The Hall–Kier alpha value is -2.05. The maximum Gasteiger partial charge on any atom is 0.222 e. The lowest BCUT2D eigenvalue weighted by molar-refractivity contribution is -0.135. The van der Waals surface area contributed by atoms with Crippen molar-refractivity contribution in [2.45, 2.75) is 25.7 Å². The van der Waals surface area contributed by atoms with Gasteiger partial charge in [0.25, 0.3) is 0 Å². The normalized spacial score (nSPS) is 20.6. The molecule has 1 aromatic carbocycles. The summed E-state index contributed by atoms with van der Waals surface area (Å²) in [6.45, 7) is 6.64. The highest BCUT2D eigenvalue weighted by Gasteiger charge is 2.24. The third-order valence-electron chi connectivity index (χ3n) is 6.25. The van der Waals surface area contributed by atoms with Gasteiger partial charge in [0, 0.05) is 31.6 Å². The summed E-state index contributed by atoms with van der Waals surface area (Å²) >= 11 is 0. The van der Waals surface area contributed by atoms with Gasteiger partial charge in [-0.15, -0.1) is 0 Å². The Morgan fingerprint density at radius 3 is 2.72 bits per heavy atom. The molecule has 1 aromatic rings. The number of hydrogen-bond acceptors (Lipinski definition) is 5. The fourth-order valence-corrected chi connectivity index (χ4v) is 4.50. The SMILES string of the molecule is COc1cccc2c1OCC(CN1CCC(CCC(=O)N3CCOCC3)CC1)=C2. The van der Waals surface area contributed by atoms with Crippen molar-refractivity contribution in [2.24, 2.45) is 5.92 Å².